The number of rotatable bonds is 3. The summed E-state index contributed by atoms with van der Waals surface area (Å²) in [6, 6.07) is 15.6. The lowest BCUT2D eigenvalue weighted by atomic mass is 10.1. The van der Waals surface area contributed by atoms with E-state index < -0.39 is 17.8 Å². The minimum Gasteiger partial charge on any atom is -0.366 e. The number of hydroxylamine groups is 2. The Balaban J connectivity index is 1.62. The normalized spacial score (nSPS) is 13.0. The molecule has 1 N–H and O–H groups in total. The van der Waals surface area contributed by atoms with E-state index >= 15 is 0 Å². The number of amides is 2. The molecule has 0 radical (unpaired) electrons. The predicted molar refractivity (Wildman–Crippen MR) is 88.6 cm³/mol. The predicted octanol–water partition coefficient (Wildman–Crippen LogP) is 3.05. The topological polar surface area (TPSA) is 79.5 Å². The molecule has 2 amide bonds. The van der Waals surface area contributed by atoms with Crippen molar-refractivity contribution in [3.63, 3.8) is 0 Å². The van der Waals surface area contributed by atoms with Crippen LogP contribution in [0.3, 0.4) is 0 Å². The number of fused-ring (bicyclic) bond motifs is 1. The molecule has 1 aromatic heterocycles. The largest absolute Gasteiger partial charge is 0.366 e. The number of aromatic nitrogens is 1. The highest BCUT2D eigenvalue weighted by Crippen LogP contribution is 2.27. The highest BCUT2D eigenvalue weighted by atomic mass is 16.7. The zero-order chi connectivity index (χ0) is 17.4. The third-order valence-electron chi connectivity index (χ3n) is 3.98. The molecule has 2 aromatic carbocycles. The van der Waals surface area contributed by atoms with E-state index in [9.17, 15) is 14.4 Å². The Kier molecular flexibility index (Phi) is 3.43. The van der Waals surface area contributed by atoms with Crippen molar-refractivity contribution in [2.45, 2.75) is 0 Å². The molecule has 0 bridgehead atoms. The van der Waals surface area contributed by atoms with Gasteiger partial charge in [0.1, 0.15) is 0 Å². The van der Waals surface area contributed by atoms with Crippen molar-refractivity contribution in [3.8, 4) is 11.1 Å². The molecule has 2 heterocycles. The maximum Gasteiger partial charge on any atom is 0.366 e. The van der Waals surface area contributed by atoms with Crippen LogP contribution in [0.15, 0.2) is 67.0 Å². The van der Waals surface area contributed by atoms with Crippen LogP contribution in [0.25, 0.3) is 11.1 Å². The number of benzene rings is 2. The number of hydrogen-bond acceptors (Lipinski definition) is 4. The smallest absolute Gasteiger partial charge is 0.366 e. The number of imide groups is 1. The van der Waals surface area contributed by atoms with Gasteiger partial charge in [0.05, 0.1) is 16.7 Å². The molecule has 0 saturated heterocycles. The van der Waals surface area contributed by atoms with Crippen LogP contribution in [-0.2, 0) is 4.84 Å². The van der Waals surface area contributed by atoms with Gasteiger partial charge in [0.25, 0.3) is 11.8 Å². The lowest BCUT2D eigenvalue weighted by Gasteiger charge is -2.13. The lowest BCUT2D eigenvalue weighted by molar-refractivity contribution is -0.0583. The van der Waals surface area contributed by atoms with E-state index in [1.165, 1.54) is 18.3 Å². The maximum absolute atomic E-state index is 12.5. The number of nitrogens with one attached hydrogen (secondary N) is 1. The number of aromatic amines is 1. The molecular weight excluding hydrogens is 320 g/mol. The average molecular weight is 332 g/mol. The van der Waals surface area contributed by atoms with Gasteiger partial charge in [-0.05, 0) is 17.7 Å². The van der Waals surface area contributed by atoms with Crippen LogP contribution in [0, 0.1) is 0 Å². The summed E-state index contributed by atoms with van der Waals surface area (Å²) in [4.78, 5) is 45.0. The molecule has 4 rings (SSSR count). The summed E-state index contributed by atoms with van der Waals surface area (Å²) in [5.41, 5.74) is 2.12. The molecule has 3 aromatic rings. The molecule has 6 heteroatoms. The minimum absolute atomic E-state index is 0.220. The van der Waals surface area contributed by atoms with Crippen LogP contribution >= 0.6 is 0 Å². The Morgan fingerprint density at radius 1 is 0.800 bits per heavy atom. The Hall–Kier alpha value is -3.67. The van der Waals surface area contributed by atoms with Crippen molar-refractivity contribution >= 4 is 17.8 Å². The standard InChI is InChI=1S/C19H12N2O4/c22-17-13-8-4-5-9-14(13)18(23)21(17)25-19(24)16-11-20-10-15(16)12-6-2-1-3-7-12/h1-11,20H. The van der Waals surface area contributed by atoms with Crippen molar-refractivity contribution < 1.29 is 19.2 Å². The zero-order valence-electron chi connectivity index (χ0n) is 12.9. The van der Waals surface area contributed by atoms with Crippen LogP contribution in [0.2, 0.25) is 0 Å². The van der Waals surface area contributed by atoms with E-state index in [-0.39, 0.29) is 16.7 Å². The summed E-state index contributed by atoms with van der Waals surface area (Å²) in [6.07, 6.45) is 3.14. The van der Waals surface area contributed by atoms with E-state index in [4.69, 9.17) is 4.84 Å². The van der Waals surface area contributed by atoms with E-state index in [1.54, 1.807) is 18.3 Å². The van der Waals surface area contributed by atoms with E-state index in [0.717, 1.165) is 5.56 Å². The second-order valence-electron chi connectivity index (χ2n) is 5.48. The fraction of sp³-hybridized carbons (Fsp3) is 0. The van der Waals surface area contributed by atoms with Gasteiger partial charge in [0.15, 0.2) is 0 Å². The quantitative estimate of drug-likeness (QED) is 0.748. The van der Waals surface area contributed by atoms with E-state index in [0.29, 0.717) is 10.6 Å². The highest BCUT2D eigenvalue weighted by Gasteiger charge is 2.39. The first kappa shape index (κ1) is 14.9. The molecule has 0 saturated carbocycles. The number of hydrogen-bond donors (Lipinski definition) is 1. The van der Waals surface area contributed by atoms with Crippen molar-refractivity contribution in [1.82, 2.24) is 10.0 Å². The van der Waals surface area contributed by atoms with Gasteiger partial charge < -0.3 is 9.82 Å². The number of H-pyrrole nitrogens is 1. The van der Waals surface area contributed by atoms with E-state index in [1.807, 2.05) is 30.3 Å². The highest BCUT2D eigenvalue weighted by molar-refractivity contribution is 6.21. The van der Waals surface area contributed by atoms with Gasteiger partial charge in [-0.25, -0.2) is 4.79 Å². The Morgan fingerprint density at radius 2 is 1.40 bits per heavy atom. The Labute approximate surface area is 142 Å². The molecule has 25 heavy (non-hydrogen) atoms. The number of carbonyl (C=O) groups is 3. The van der Waals surface area contributed by atoms with Crippen molar-refractivity contribution in [2.75, 3.05) is 0 Å². The van der Waals surface area contributed by atoms with Gasteiger partial charge >= 0.3 is 5.97 Å². The van der Waals surface area contributed by atoms with Crippen molar-refractivity contribution in [3.05, 3.63) is 83.7 Å². The van der Waals surface area contributed by atoms with Crippen LogP contribution in [0.1, 0.15) is 31.1 Å². The van der Waals surface area contributed by atoms with E-state index in [2.05, 4.69) is 4.98 Å². The van der Waals surface area contributed by atoms with Crippen LogP contribution < -0.4 is 0 Å². The summed E-state index contributed by atoms with van der Waals surface area (Å²) < 4.78 is 0. The molecule has 0 spiro atoms. The Morgan fingerprint density at radius 3 is 2.04 bits per heavy atom. The molecule has 6 nitrogen and oxygen atoms in total. The molecule has 1 aliphatic rings. The average Bonchev–Trinajstić information content (AvgIpc) is 3.23. The minimum atomic E-state index is -0.783. The van der Waals surface area contributed by atoms with Gasteiger partial charge in [0.2, 0.25) is 0 Å². The van der Waals surface area contributed by atoms with Crippen molar-refractivity contribution in [1.29, 1.82) is 0 Å². The molecule has 122 valence electrons. The SMILES string of the molecule is O=C(ON1C(=O)c2ccccc2C1=O)c1c[nH]cc1-c1ccccc1. The summed E-state index contributed by atoms with van der Waals surface area (Å²) in [6.45, 7) is 0. The van der Waals surface area contributed by atoms with Gasteiger partial charge in [-0.1, -0.05) is 47.5 Å². The third-order valence-corrected chi connectivity index (χ3v) is 3.98. The van der Waals surface area contributed by atoms with Crippen LogP contribution in [-0.4, -0.2) is 27.8 Å². The third kappa shape index (κ3) is 2.40. The summed E-state index contributed by atoms with van der Waals surface area (Å²) in [7, 11) is 0. The van der Waals surface area contributed by atoms with Crippen LogP contribution in [0.4, 0.5) is 0 Å². The lowest BCUT2D eigenvalue weighted by Crippen LogP contribution is -2.32. The monoisotopic (exact) mass is 332 g/mol. The second-order valence-corrected chi connectivity index (χ2v) is 5.48. The summed E-state index contributed by atoms with van der Waals surface area (Å²) in [5.74, 6) is -2.08. The molecular formula is C19H12N2O4. The Bertz CT molecular complexity index is 956. The van der Waals surface area contributed by atoms with Gasteiger partial charge in [-0.3, -0.25) is 9.59 Å². The molecule has 1 aliphatic heterocycles. The zero-order valence-corrected chi connectivity index (χ0v) is 12.9. The van der Waals surface area contributed by atoms with Gasteiger partial charge in [0, 0.05) is 18.0 Å². The summed E-state index contributed by atoms with van der Waals surface area (Å²) >= 11 is 0. The second kappa shape index (κ2) is 5.76. The molecule has 0 aliphatic carbocycles. The molecule has 0 fully saturated rings. The van der Waals surface area contributed by atoms with Crippen LogP contribution in [0.5, 0.6) is 0 Å². The fourth-order valence-electron chi connectivity index (χ4n) is 2.77. The number of carbonyl (C=O) groups excluding carboxylic acids is 3. The van der Waals surface area contributed by atoms with Gasteiger partial charge in [-0.2, -0.15) is 0 Å². The first-order valence-corrected chi connectivity index (χ1v) is 7.59. The maximum atomic E-state index is 12.5. The fourth-order valence-corrected chi connectivity index (χ4v) is 2.77. The molecule has 0 atom stereocenters. The van der Waals surface area contributed by atoms with Gasteiger partial charge in [-0.15, -0.1) is 0 Å². The summed E-state index contributed by atoms with van der Waals surface area (Å²) in [5, 5.41) is 0.509. The molecule has 0 unspecified atom stereocenters. The first-order chi connectivity index (χ1) is 12.2. The first-order valence-electron chi connectivity index (χ1n) is 7.59. The number of nitrogens with zero attached hydrogens (tertiary/aromatic N) is 1. The van der Waals surface area contributed by atoms with Crippen molar-refractivity contribution in [2.24, 2.45) is 0 Å².